The summed E-state index contributed by atoms with van der Waals surface area (Å²) in [6.45, 7) is 9.31. The van der Waals surface area contributed by atoms with Crippen molar-refractivity contribution in [3.8, 4) is 0 Å². The molecule has 0 atom stereocenters. The van der Waals surface area contributed by atoms with Gasteiger partial charge in [0.05, 0.1) is 12.7 Å². The number of hydrogen-bond acceptors (Lipinski definition) is 5. The van der Waals surface area contributed by atoms with Gasteiger partial charge in [0.1, 0.15) is 5.60 Å². The summed E-state index contributed by atoms with van der Waals surface area (Å²) in [5, 5.41) is 9.17. The molecule has 0 radical (unpaired) electrons. The number of amides is 1. The van der Waals surface area contributed by atoms with Crippen molar-refractivity contribution in [1.29, 1.82) is 0 Å². The van der Waals surface area contributed by atoms with Crippen LogP contribution in [-0.2, 0) is 27.4 Å². The van der Waals surface area contributed by atoms with Gasteiger partial charge in [-0.1, -0.05) is 24.3 Å². The van der Waals surface area contributed by atoms with Crippen LogP contribution in [0.3, 0.4) is 0 Å². The van der Waals surface area contributed by atoms with Crippen LogP contribution >= 0.6 is 24.0 Å². The minimum atomic E-state index is -0.500. The molecule has 0 spiro atoms. The number of carbonyl (C=O) groups excluding carboxylic acids is 1. The van der Waals surface area contributed by atoms with Gasteiger partial charge in [0, 0.05) is 39.9 Å². The first kappa shape index (κ1) is 27.4. The highest BCUT2D eigenvalue weighted by Crippen LogP contribution is 2.14. The van der Waals surface area contributed by atoms with Crippen LogP contribution in [0.15, 0.2) is 29.3 Å². The van der Waals surface area contributed by atoms with Gasteiger partial charge in [-0.2, -0.15) is 0 Å². The van der Waals surface area contributed by atoms with E-state index in [2.05, 4.69) is 39.1 Å². The highest BCUT2D eigenvalue weighted by molar-refractivity contribution is 14.0. The lowest BCUT2D eigenvalue weighted by Crippen LogP contribution is -2.42. The molecule has 0 saturated carbocycles. The van der Waals surface area contributed by atoms with E-state index in [4.69, 9.17) is 14.2 Å². The lowest BCUT2D eigenvalue weighted by molar-refractivity contribution is -0.0390. The van der Waals surface area contributed by atoms with Crippen molar-refractivity contribution in [2.45, 2.75) is 58.5 Å². The Kier molecular flexibility index (Phi) is 12.8. The summed E-state index contributed by atoms with van der Waals surface area (Å²) in [6, 6.07) is 8.34. The molecule has 31 heavy (non-hydrogen) atoms. The molecule has 1 aromatic carbocycles. The van der Waals surface area contributed by atoms with E-state index < -0.39 is 11.7 Å². The number of alkyl carbamates (subject to hydrolysis) is 1. The predicted molar refractivity (Wildman–Crippen MR) is 133 cm³/mol. The highest BCUT2D eigenvalue weighted by Gasteiger charge is 2.15. The zero-order valence-electron chi connectivity index (χ0n) is 19.0. The number of carbonyl (C=O) groups is 1. The average molecular weight is 548 g/mol. The molecule has 1 amide bonds. The van der Waals surface area contributed by atoms with Crippen molar-refractivity contribution in [2.75, 3.05) is 33.4 Å². The molecule has 3 N–H and O–H groups in total. The lowest BCUT2D eigenvalue weighted by Gasteiger charge is -2.22. The van der Waals surface area contributed by atoms with E-state index in [1.807, 2.05) is 26.8 Å². The van der Waals surface area contributed by atoms with Crippen molar-refractivity contribution in [3.05, 3.63) is 35.4 Å². The molecule has 1 fully saturated rings. The normalized spacial score (nSPS) is 15.0. The van der Waals surface area contributed by atoms with E-state index in [0.717, 1.165) is 37.2 Å². The van der Waals surface area contributed by atoms with E-state index in [-0.39, 0.29) is 30.1 Å². The topological polar surface area (TPSA) is 93.2 Å². The number of nitrogens with zero attached hydrogens (tertiary/aromatic N) is 1. The fourth-order valence-electron chi connectivity index (χ4n) is 2.95. The lowest BCUT2D eigenvalue weighted by atomic mass is 10.1. The number of ether oxygens (including phenoxy) is 3. The van der Waals surface area contributed by atoms with Gasteiger partial charge >= 0.3 is 6.09 Å². The summed E-state index contributed by atoms with van der Waals surface area (Å²) in [5.41, 5.74) is 1.81. The van der Waals surface area contributed by atoms with Gasteiger partial charge in [0.2, 0.25) is 0 Å². The molecule has 0 aromatic heterocycles. The van der Waals surface area contributed by atoms with Crippen LogP contribution in [0, 0.1) is 0 Å². The zero-order valence-corrected chi connectivity index (χ0v) is 21.4. The fourth-order valence-corrected chi connectivity index (χ4v) is 2.95. The van der Waals surface area contributed by atoms with Crippen molar-refractivity contribution >= 4 is 36.0 Å². The Labute approximate surface area is 202 Å². The maximum absolute atomic E-state index is 11.6. The number of halogens is 1. The quantitative estimate of drug-likeness (QED) is 0.200. The Bertz CT molecular complexity index is 688. The molecule has 0 bridgehead atoms. The smallest absolute Gasteiger partial charge is 0.407 e. The standard InChI is InChI=1S/C22H36N4O4.HI/c1-22(2,3)30-21(27)25-11-10-24-20(23-4)26-15-17-6-5-7-18(14-17)16-29-19-8-12-28-13-9-19;/h5-7,14,19H,8-13,15-16H2,1-4H3,(H,25,27)(H2,23,24,26);1H. The second-order valence-corrected chi connectivity index (χ2v) is 8.22. The van der Waals surface area contributed by atoms with Gasteiger partial charge in [-0.3, -0.25) is 4.99 Å². The van der Waals surface area contributed by atoms with Gasteiger partial charge in [0.15, 0.2) is 5.96 Å². The van der Waals surface area contributed by atoms with Crippen LogP contribution in [-0.4, -0.2) is 57.1 Å². The molecule has 176 valence electrons. The number of aliphatic imine (C=N–C) groups is 1. The first-order valence-electron chi connectivity index (χ1n) is 10.5. The van der Waals surface area contributed by atoms with Crippen molar-refractivity contribution in [2.24, 2.45) is 4.99 Å². The molecule has 0 aliphatic carbocycles. The second kappa shape index (κ2) is 14.5. The van der Waals surface area contributed by atoms with E-state index >= 15 is 0 Å². The minimum Gasteiger partial charge on any atom is -0.444 e. The third-order valence-corrected chi connectivity index (χ3v) is 4.41. The molecule has 1 aliphatic rings. The molecule has 2 rings (SSSR count). The summed E-state index contributed by atoms with van der Waals surface area (Å²) in [4.78, 5) is 15.9. The predicted octanol–water partition coefficient (Wildman–Crippen LogP) is 3.19. The fraction of sp³-hybridized carbons (Fsp3) is 0.636. The molecule has 9 heteroatoms. The van der Waals surface area contributed by atoms with E-state index in [0.29, 0.717) is 32.2 Å². The van der Waals surface area contributed by atoms with E-state index in [1.165, 1.54) is 0 Å². The second-order valence-electron chi connectivity index (χ2n) is 8.22. The van der Waals surface area contributed by atoms with Gasteiger partial charge in [-0.05, 0) is 44.7 Å². The Morgan fingerprint density at radius 1 is 1.13 bits per heavy atom. The monoisotopic (exact) mass is 548 g/mol. The average Bonchev–Trinajstić information content (AvgIpc) is 2.71. The van der Waals surface area contributed by atoms with E-state index in [9.17, 15) is 4.79 Å². The first-order valence-corrected chi connectivity index (χ1v) is 10.5. The van der Waals surface area contributed by atoms with Gasteiger partial charge in [0.25, 0.3) is 0 Å². The van der Waals surface area contributed by atoms with E-state index in [1.54, 1.807) is 7.05 Å². The Balaban J connectivity index is 0.00000480. The van der Waals surface area contributed by atoms with Crippen LogP contribution in [0.2, 0.25) is 0 Å². The van der Waals surface area contributed by atoms with Gasteiger partial charge < -0.3 is 30.2 Å². The summed E-state index contributed by atoms with van der Waals surface area (Å²) in [5.74, 6) is 0.671. The summed E-state index contributed by atoms with van der Waals surface area (Å²) in [6.07, 6.45) is 1.79. The first-order chi connectivity index (χ1) is 14.4. The Morgan fingerprint density at radius 2 is 1.81 bits per heavy atom. The van der Waals surface area contributed by atoms with Crippen LogP contribution in [0.25, 0.3) is 0 Å². The van der Waals surface area contributed by atoms with Crippen LogP contribution in [0.5, 0.6) is 0 Å². The van der Waals surface area contributed by atoms with Gasteiger partial charge in [-0.15, -0.1) is 24.0 Å². The number of hydrogen-bond donors (Lipinski definition) is 3. The SMILES string of the molecule is CN=C(NCCNC(=O)OC(C)(C)C)NCc1cccc(COC2CCOCC2)c1.I. The number of guanidine groups is 1. The molecule has 1 aromatic rings. The number of rotatable bonds is 8. The minimum absolute atomic E-state index is 0. The van der Waals surface area contributed by atoms with Crippen LogP contribution in [0.4, 0.5) is 4.79 Å². The van der Waals surface area contributed by atoms with Crippen LogP contribution in [0.1, 0.15) is 44.7 Å². The van der Waals surface area contributed by atoms with Gasteiger partial charge in [-0.25, -0.2) is 4.79 Å². The highest BCUT2D eigenvalue weighted by atomic mass is 127. The number of nitrogens with one attached hydrogen (secondary N) is 3. The molecule has 1 saturated heterocycles. The molecular formula is C22H37IN4O4. The largest absolute Gasteiger partial charge is 0.444 e. The molecule has 1 heterocycles. The summed E-state index contributed by atoms with van der Waals surface area (Å²) in [7, 11) is 1.72. The molecule has 8 nitrogen and oxygen atoms in total. The van der Waals surface area contributed by atoms with Crippen molar-refractivity contribution in [1.82, 2.24) is 16.0 Å². The summed E-state index contributed by atoms with van der Waals surface area (Å²) >= 11 is 0. The summed E-state index contributed by atoms with van der Waals surface area (Å²) < 4.78 is 16.6. The maximum Gasteiger partial charge on any atom is 0.407 e. The van der Waals surface area contributed by atoms with Crippen LogP contribution < -0.4 is 16.0 Å². The van der Waals surface area contributed by atoms with Crippen molar-refractivity contribution in [3.63, 3.8) is 0 Å². The van der Waals surface area contributed by atoms with Crippen molar-refractivity contribution < 1.29 is 19.0 Å². The zero-order chi connectivity index (χ0) is 21.8. The Morgan fingerprint density at radius 3 is 2.48 bits per heavy atom. The third kappa shape index (κ3) is 12.1. The molecule has 0 unspecified atom stereocenters. The third-order valence-electron chi connectivity index (χ3n) is 4.41. The Hall–Kier alpha value is -1.59. The molecular weight excluding hydrogens is 511 g/mol. The number of benzene rings is 1. The molecule has 1 aliphatic heterocycles. The maximum atomic E-state index is 11.6.